The van der Waals surface area contributed by atoms with Gasteiger partial charge in [0, 0.05) is 44.6 Å². The third kappa shape index (κ3) is 4.34. The first-order chi connectivity index (χ1) is 13.3. The average molecular weight is 363 g/mol. The number of benzene rings is 2. The number of piperazine rings is 1. The number of rotatable bonds is 5. The average Bonchev–Trinajstić information content (AvgIpc) is 2.74. The van der Waals surface area contributed by atoms with Crippen molar-refractivity contribution in [1.82, 2.24) is 9.97 Å². The van der Waals surface area contributed by atoms with E-state index in [2.05, 4.69) is 49.4 Å². The molecule has 27 heavy (non-hydrogen) atoms. The van der Waals surface area contributed by atoms with E-state index >= 15 is 0 Å². The van der Waals surface area contributed by atoms with Crippen molar-refractivity contribution in [3.63, 3.8) is 0 Å². The van der Waals surface area contributed by atoms with E-state index in [0.29, 0.717) is 12.5 Å². The maximum absolute atomic E-state index is 13.0. The van der Waals surface area contributed by atoms with E-state index in [1.807, 2.05) is 12.1 Å². The molecular weight excluding hydrogens is 341 g/mol. The lowest BCUT2D eigenvalue weighted by molar-refractivity contribution is 0.627. The molecule has 5 nitrogen and oxygen atoms in total. The number of para-hydroxylation sites is 1. The second-order valence-corrected chi connectivity index (χ2v) is 6.53. The molecule has 1 aliphatic heterocycles. The van der Waals surface area contributed by atoms with Crippen molar-refractivity contribution in [2.75, 3.05) is 41.3 Å². The highest BCUT2D eigenvalue weighted by atomic mass is 19.1. The molecule has 0 radical (unpaired) electrons. The van der Waals surface area contributed by atoms with Crippen molar-refractivity contribution in [3.8, 4) is 0 Å². The molecule has 0 amide bonds. The summed E-state index contributed by atoms with van der Waals surface area (Å²) in [7, 11) is 0. The second-order valence-electron chi connectivity index (χ2n) is 6.53. The predicted molar refractivity (Wildman–Crippen MR) is 107 cm³/mol. The Morgan fingerprint density at radius 2 is 1.56 bits per heavy atom. The smallest absolute Gasteiger partial charge is 0.224 e. The summed E-state index contributed by atoms with van der Waals surface area (Å²) in [5.41, 5.74) is 2.25. The monoisotopic (exact) mass is 363 g/mol. The molecule has 0 atom stereocenters. The molecule has 1 aliphatic rings. The molecule has 0 saturated carbocycles. The Morgan fingerprint density at radius 3 is 2.30 bits per heavy atom. The van der Waals surface area contributed by atoms with E-state index in [0.717, 1.165) is 37.6 Å². The van der Waals surface area contributed by atoms with Crippen LogP contribution in [0.3, 0.4) is 0 Å². The molecular formula is C21H22FN5. The maximum atomic E-state index is 13.0. The Balaban J connectivity index is 1.36. The van der Waals surface area contributed by atoms with Crippen LogP contribution in [-0.2, 0) is 6.54 Å². The van der Waals surface area contributed by atoms with Gasteiger partial charge in [-0.2, -0.15) is 4.98 Å². The minimum atomic E-state index is -0.230. The summed E-state index contributed by atoms with van der Waals surface area (Å²) in [5, 5.41) is 3.21. The van der Waals surface area contributed by atoms with Gasteiger partial charge in [0.15, 0.2) is 0 Å². The van der Waals surface area contributed by atoms with Crippen LogP contribution in [0.5, 0.6) is 0 Å². The van der Waals surface area contributed by atoms with Gasteiger partial charge in [0.05, 0.1) is 0 Å². The Morgan fingerprint density at radius 1 is 0.852 bits per heavy atom. The zero-order valence-corrected chi connectivity index (χ0v) is 15.1. The van der Waals surface area contributed by atoms with E-state index in [-0.39, 0.29) is 5.82 Å². The summed E-state index contributed by atoms with van der Waals surface area (Å²) in [6.07, 6.45) is 1.78. The molecule has 0 unspecified atom stereocenters. The lowest BCUT2D eigenvalue weighted by Gasteiger charge is -2.36. The van der Waals surface area contributed by atoms with Gasteiger partial charge in [-0.25, -0.2) is 9.37 Å². The van der Waals surface area contributed by atoms with Gasteiger partial charge in [-0.05, 0) is 35.9 Å². The molecule has 1 saturated heterocycles. The van der Waals surface area contributed by atoms with Gasteiger partial charge in [-0.1, -0.05) is 30.3 Å². The molecule has 1 fully saturated rings. The van der Waals surface area contributed by atoms with Crippen molar-refractivity contribution < 1.29 is 4.39 Å². The topological polar surface area (TPSA) is 44.3 Å². The summed E-state index contributed by atoms with van der Waals surface area (Å²) >= 11 is 0. The van der Waals surface area contributed by atoms with E-state index < -0.39 is 0 Å². The lowest BCUT2D eigenvalue weighted by atomic mass is 10.2. The van der Waals surface area contributed by atoms with Crippen LogP contribution in [-0.4, -0.2) is 36.1 Å². The number of hydrogen-bond acceptors (Lipinski definition) is 5. The van der Waals surface area contributed by atoms with E-state index in [1.165, 1.54) is 17.8 Å². The fourth-order valence-electron chi connectivity index (χ4n) is 3.23. The van der Waals surface area contributed by atoms with Gasteiger partial charge in [0.25, 0.3) is 0 Å². The number of halogens is 1. The first-order valence-corrected chi connectivity index (χ1v) is 9.14. The highest BCUT2D eigenvalue weighted by Crippen LogP contribution is 2.19. The first-order valence-electron chi connectivity index (χ1n) is 9.14. The van der Waals surface area contributed by atoms with Gasteiger partial charge >= 0.3 is 0 Å². The number of nitrogens with one attached hydrogen (secondary N) is 1. The predicted octanol–water partition coefficient (Wildman–Crippen LogP) is 3.55. The van der Waals surface area contributed by atoms with Crippen molar-refractivity contribution in [3.05, 3.63) is 78.2 Å². The molecule has 0 aliphatic carbocycles. The van der Waals surface area contributed by atoms with Crippen molar-refractivity contribution >= 4 is 17.5 Å². The number of anilines is 3. The molecule has 1 N–H and O–H groups in total. The molecule has 0 spiro atoms. The molecule has 138 valence electrons. The lowest BCUT2D eigenvalue weighted by Crippen LogP contribution is -2.46. The van der Waals surface area contributed by atoms with E-state index in [9.17, 15) is 4.39 Å². The number of nitrogens with zero attached hydrogens (tertiary/aromatic N) is 4. The van der Waals surface area contributed by atoms with Crippen LogP contribution in [0.4, 0.5) is 21.8 Å². The molecule has 0 bridgehead atoms. The summed E-state index contributed by atoms with van der Waals surface area (Å²) < 4.78 is 13.0. The van der Waals surface area contributed by atoms with Gasteiger partial charge < -0.3 is 15.1 Å². The van der Waals surface area contributed by atoms with E-state index in [4.69, 9.17) is 0 Å². The SMILES string of the molecule is Fc1ccc(CNc2nccc(N3CCN(c4ccccc4)CC3)n2)cc1. The quantitative estimate of drug-likeness (QED) is 0.751. The van der Waals surface area contributed by atoms with Crippen molar-refractivity contribution in [1.29, 1.82) is 0 Å². The van der Waals surface area contributed by atoms with Gasteiger partial charge in [-0.3, -0.25) is 0 Å². The van der Waals surface area contributed by atoms with Crippen molar-refractivity contribution in [2.24, 2.45) is 0 Å². The third-order valence-electron chi connectivity index (χ3n) is 4.73. The Labute approximate surface area is 158 Å². The summed E-state index contributed by atoms with van der Waals surface area (Å²) in [6, 6.07) is 18.9. The largest absolute Gasteiger partial charge is 0.368 e. The highest BCUT2D eigenvalue weighted by Gasteiger charge is 2.18. The second kappa shape index (κ2) is 8.03. The fraction of sp³-hybridized carbons (Fsp3) is 0.238. The van der Waals surface area contributed by atoms with Crippen LogP contribution in [0, 0.1) is 5.82 Å². The Kier molecular flexibility index (Phi) is 5.14. The fourth-order valence-corrected chi connectivity index (χ4v) is 3.23. The first kappa shape index (κ1) is 17.3. The van der Waals surface area contributed by atoms with Crippen LogP contribution in [0.15, 0.2) is 66.9 Å². The zero-order valence-electron chi connectivity index (χ0n) is 15.1. The summed E-state index contributed by atoms with van der Waals surface area (Å²) in [6.45, 7) is 4.33. The third-order valence-corrected chi connectivity index (χ3v) is 4.73. The van der Waals surface area contributed by atoms with E-state index in [1.54, 1.807) is 18.3 Å². The van der Waals surface area contributed by atoms with Gasteiger partial charge in [0.2, 0.25) is 5.95 Å². The van der Waals surface area contributed by atoms with Crippen molar-refractivity contribution in [2.45, 2.75) is 6.54 Å². The highest BCUT2D eigenvalue weighted by molar-refractivity contribution is 5.50. The molecule has 3 aromatic rings. The normalized spacial score (nSPS) is 14.3. The minimum absolute atomic E-state index is 0.230. The van der Waals surface area contributed by atoms with Crippen LogP contribution in [0.25, 0.3) is 0 Å². The van der Waals surface area contributed by atoms with Gasteiger partial charge in [-0.15, -0.1) is 0 Å². The molecule has 6 heteroatoms. The molecule has 4 rings (SSSR count). The van der Waals surface area contributed by atoms with Crippen LogP contribution in [0.2, 0.25) is 0 Å². The number of aromatic nitrogens is 2. The van der Waals surface area contributed by atoms with Crippen LogP contribution in [0.1, 0.15) is 5.56 Å². The summed E-state index contributed by atoms with van der Waals surface area (Å²) in [5.74, 6) is 1.29. The van der Waals surface area contributed by atoms with Gasteiger partial charge in [0.1, 0.15) is 11.6 Å². The Hall–Kier alpha value is -3.15. The standard InChI is InChI=1S/C21H22FN5/c22-18-8-6-17(7-9-18)16-24-21-23-11-10-20(25-21)27-14-12-26(13-15-27)19-4-2-1-3-5-19/h1-11H,12-16H2,(H,23,24,25). The molecule has 2 heterocycles. The van der Waals surface area contributed by atoms with Crippen LogP contribution < -0.4 is 15.1 Å². The molecule has 2 aromatic carbocycles. The summed E-state index contributed by atoms with van der Waals surface area (Å²) in [4.78, 5) is 13.6. The minimum Gasteiger partial charge on any atom is -0.368 e. The Bertz CT molecular complexity index is 861. The number of hydrogen-bond donors (Lipinski definition) is 1. The maximum Gasteiger partial charge on any atom is 0.224 e. The van der Waals surface area contributed by atoms with Crippen LogP contribution >= 0.6 is 0 Å². The zero-order chi connectivity index (χ0) is 18.5. The molecule has 1 aromatic heterocycles.